The van der Waals surface area contributed by atoms with E-state index in [1.54, 1.807) is 0 Å². The lowest BCUT2D eigenvalue weighted by atomic mass is 9.94. The Balaban J connectivity index is 1.91. The molecular formula is C10H20N2O. The van der Waals surface area contributed by atoms with Gasteiger partial charge in [-0.15, -0.1) is 0 Å². The number of nitrogens with zero attached hydrogens (tertiary/aromatic N) is 1. The van der Waals surface area contributed by atoms with E-state index in [0.717, 1.165) is 32.2 Å². The van der Waals surface area contributed by atoms with Crippen LogP contribution in [0.1, 0.15) is 13.3 Å². The minimum atomic E-state index is 0.490. The first kappa shape index (κ1) is 9.44. The van der Waals surface area contributed by atoms with Gasteiger partial charge < -0.3 is 15.0 Å². The maximum Gasteiger partial charge on any atom is 0.0743 e. The highest BCUT2D eigenvalue weighted by molar-refractivity contribution is 4.83. The molecule has 2 fully saturated rings. The SMILES string of the molecule is CCN1CCC2CNCCOC2C1. The van der Waals surface area contributed by atoms with Crippen LogP contribution < -0.4 is 5.32 Å². The van der Waals surface area contributed by atoms with E-state index in [1.807, 2.05) is 0 Å². The highest BCUT2D eigenvalue weighted by atomic mass is 16.5. The number of piperidine rings is 1. The Hall–Kier alpha value is -0.120. The van der Waals surface area contributed by atoms with Crippen LogP contribution in [0.25, 0.3) is 0 Å². The van der Waals surface area contributed by atoms with Crippen LogP contribution in [0, 0.1) is 5.92 Å². The number of likely N-dealkylation sites (tertiary alicyclic amines) is 1. The van der Waals surface area contributed by atoms with Gasteiger partial charge in [-0.05, 0) is 19.5 Å². The summed E-state index contributed by atoms with van der Waals surface area (Å²) in [7, 11) is 0. The first-order valence-electron chi connectivity index (χ1n) is 5.45. The van der Waals surface area contributed by atoms with Crippen LogP contribution >= 0.6 is 0 Å². The largest absolute Gasteiger partial charge is 0.375 e. The summed E-state index contributed by atoms with van der Waals surface area (Å²) in [5.74, 6) is 0.755. The van der Waals surface area contributed by atoms with Crippen molar-refractivity contribution >= 4 is 0 Å². The van der Waals surface area contributed by atoms with Crippen molar-refractivity contribution in [3.8, 4) is 0 Å². The molecular weight excluding hydrogens is 164 g/mol. The average molecular weight is 184 g/mol. The van der Waals surface area contributed by atoms with Crippen molar-refractivity contribution in [2.24, 2.45) is 5.92 Å². The third kappa shape index (κ3) is 2.22. The fraction of sp³-hybridized carbons (Fsp3) is 1.00. The number of likely N-dealkylation sites (N-methyl/N-ethyl adjacent to an activating group) is 1. The Morgan fingerprint density at radius 2 is 2.46 bits per heavy atom. The molecule has 1 N–H and O–H groups in total. The molecule has 0 aromatic rings. The number of nitrogens with one attached hydrogen (secondary N) is 1. The third-order valence-electron chi connectivity index (χ3n) is 3.24. The fourth-order valence-corrected chi connectivity index (χ4v) is 2.31. The Morgan fingerprint density at radius 1 is 1.54 bits per heavy atom. The number of ether oxygens (including phenoxy) is 1. The number of hydrogen-bond acceptors (Lipinski definition) is 3. The highest BCUT2D eigenvalue weighted by Crippen LogP contribution is 2.20. The Labute approximate surface area is 80.4 Å². The normalized spacial score (nSPS) is 36.7. The minimum Gasteiger partial charge on any atom is -0.375 e. The van der Waals surface area contributed by atoms with Crippen LogP contribution in [0.4, 0.5) is 0 Å². The summed E-state index contributed by atoms with van der Waals surface area (Å²) in [5.41, 5.74) is 0. The summed E-state index contributed by atoms with van der Waals surface area (Å²) in [6.45, 7) is 8.86. The molecule has 76 valence electrons. The predicted octanol–water partition coefficient (Wildman–Crippen LogP) is 0.317. The Bertz CT molecular complexity index is 163. The average Bonchev–Trinajstić information content (AvgIpc) is 2.41. The molecule has 0 aliphatic carbocycles. The first-order chi connectivity index (χ1) is 6.40. The van der Waals surface area contributed by atoms with E-state index < -0.39 is 0 Å². The number of fused-ring (bicyclic) bond motifs is 1. The fourth-order valence-electron chi connectivity index (χ4n) is 2.31. The molecule has 0 radical (unpaired) electrons. The van der Waals surface area contributed by atoms with Gasteiger partial charge in [0.15, 0.2) is 0 Å². The van der Waals surface area contributed by atoms with E-state index in [4.69, 9.17) is 4.74 Å². The molecule has 2 aliphatic heterocycles. The maximum atomic E-state index is 5.83. The van der Waals surface area contributed by atoms with Crippen molar-refractivity contribution < 1.29 is 4.74 Å². The van der Waals surface area contributed by atoms with Gasteiger partial charge in [-0.25, -0.2) is 0 Å². The van der Waals surface area contributed by atoms with E-state index in [-0.39, 0.29) is 0 Å². The Kier molecular flexibility index (Phi) is 3.19. The predicted molar refractivity (Wildman–Crippen MR) is 52.8 cm³/mol. The zero-order chi connectivity index (χ0) is 9.10. The van der Waals surface area contributed by atoms with Gasteiger partial charge in [0.1, 0.15) is 0 Å². The lowest BCUT2D eigenvalue weighted by molar-refractivity contribution is -0.0203. The van der Waals surface area contributed by atoms with Crippen LogP contribution in [-0.4, -0.2) is 50.3 Å². The van der Waals surface area contributed by atoms with Gasteiger partial charge in [0.05, 0.1) is 12.7 Å². The molecule has 3 nitrogen and oxygen atoms in total. The molecule has 13 heavy (non-hydrogen) atoms. The molecule has 2 rings (SSSR count). The van der Waals surface area contributed by atoms with Crippen LogP contribution in [0.3, 0.4) is 0 Å². The van der Waals surface area contributed by atoms with Crippen molar-refractivity contribution in [3.63, 3.8) is 0 Å². The zero-order valence-electron chi connectivity index (χ0n) is 8.46. The summed E-state index contributed by atoms with van der Waals surface area (Å²) < 4.78 is 5.83. The maximum absolute atomic E-state index is 5.83. The molecule has 0 aromatic carbocycles. The van der Waals surface area contributed by atoms with Gasteiger partial charge in [-0.2, -0.15) is 0 Å². The van der Waals surface area contributed by atoms with Crippen molar-refractivity contribution in [2.45, 2.75) is 19.4 Å². The third-order valence-corrected chi connectivity index (χ3v) is 3.24. The molecule has 0 amide bonds. The summed E-state index contributed by atoms with van der Waals surface area (Å²) >= 11 is 0. The molecule has 0 spiro atoms. The number of hydrogen-bond donors (Lipinski definition) is 1. The second-order valence-corrected chi connectivity index (χ2v) is 4.06. The second kappa shape index (κ2) is 4.40. The number of rotatable bonds is 1. The molecule has 2 unspecified atom stereocenters. The summed E-state index contributed by atoms with van der Waals surface area (Å²) in [6.07, 6.45) is 1.79. The summed E-state index contributed by atoms with van der Waals surface area (Å²) in [4.78, 5) is 2.49. The molecule has 0 bridgehead atoms. The van der Waals surface area contributed by atoms with Crippen LogP contribution in [-0.2, 0) is 4.74 Å². The first-order valence-corrected chi connectivity index (χ1v) is 5.45. The van der Waals surface area contributed by atoms with Gasteiger partial charge >= 0.3 is 0 Å². The van der Waals surface area contributed by atoms with Crippen LogP contribution in [0.15, 0.2) is 0 Å². The van der Waals surface area contributed by atoms with Crippen molar-refractivity contribution in [1.29, 1.82) is 0 Å². The molecule has 2 aliphatic rings. The van der Waals surface area contributed by atoms with Gasteiger partial charge in [0.2, 0.25) is 0 Å². The van der Waals surface area contributed by atoms with Gasteiger partial charge in [-0.3, -0.25) is 0 Å². The second-order valence-electron chi connectivity index (χ2n) is 4.06. The smallest absolute Gasteiger partial charge is 0.0743 e. The molecule has 0 saturated carbocycles. The standard InChI is InChI=1S/C10H20N2O/c1-2-12-5-3-9-7-11-4-6-13-10(9)8-12/h9-11H,2-8H2,1H3. The Morgan fingerprint density at radius 3 is 3.31 bits per heavy atom. The van der Waals surface area contributed by atoms with E-state index in [9.17, 15) is 0 Å². The lowest BCUT2D eigenvalue weighted by Gasteiger charge is -2.36. The highest BCUT2D eigenvalue weighted by Gasteiger charge is 2.30. The van der Waals surface area contributed by atoms with Gasteiger partial charge in [0, 0.05) is 25.6 Å². The molecule has 2 heterocycles. The van der Waals surface area contributed by atoms with Gasteiger partial charge in [-0.1, -0.05) is 6.92 Å². The summed E-state index contributed by atoms with van der Waals surface area (Å²) in [6, 6.07) is 0. The van der Waals surface area contributed by atoms with Crippen LogP contribution in [0.5, 0.6) is 0 Å². The topological polar surface area (TPSA) is 24.5 Å². The quantitative estimate of drug-likeness (QED) is 0.635. The van der Waals surface area contributed by atoms with E-state index in [0.29, 0.717) is 6.10 Å². The summed E-state index contributed by atoms with van der Waals surface area (Å²) in [5, 5.41) is 3.44. The minimum absolute atomic E-state index is 0.490. The van der Waals surface area contributed by atoms with Gasteiger partial charge in [0.25, 0.3) is 0 Å². The van der Waals surface area contributed by atoms with E-state index >= 15 is 0 Å². The van der Waals surface area contributed by atoms with E-state index in [2.05, 4.69) is 17.1 Å². The van der Waals surface area contributed by atoms with E-state index in [1.165, 1.54) is 19.5 Å². The van der Waals surface area contributed by atoms with Crippen molar-refractivity contribution in [1.82, 2.24) is 10.2 Å². The lowest BCUT2D eigenvalue weighted by Crippen LogP contribution is -2.46. The van der Waals surface area contributed by atoms with Crippen LogP contribution in [0.2, 0.25) is 0 Å². The molecule has 2 saturated heterocycles. The molecule has 2 atom stereocenters. The van der Waals surface area contributed by atoms with Crippen molar-refractivity contribution in [2.75, 3.05) is 39.3 Å². The molecule has 0 aromatic heterocycles. The zero-order valence-corrected chi connectivity index (χ0v) is 8.46. The monoisotopic (exact) mass is 184 g/mol. The molecule has 3 heteroatoms. The van der Waals surface area contributed by atoms with Crippen molar-refractivity contribution in [3.05, 3.63) is 0 Å².